The Kier molecular flexibility index (Phi) is 3.09. The van der Waals surface area contributed by atoms with Gasteiger partial charge in [0.2, 0.25) is 0 Å². The maximum Gasteiger partial charge on any atom is 0.161 e. The molecule has 2 rings (SSSR count). The normalized spacial score (nSPS) is 12.5. The number of allylic oxidation sites excluding steroid dienone is 3. The van der Waals surface area contributed by atoms with E-state index in [-0.39, 0.29) is 0 Å². The molecule has 0 spiro atoms. The lowest BCUT2D eigenvalue weighted by Crippen LogP contribution is -1.92. The first-order valence-corrected chi connectivity index (χ1v) is 5.19. The van der Waals surface area contributed by atoms with E-state index in [1.807, 2.05) is 26.1 Å². The molecule has 2 aromatic heterocycles. The van der Waals surface area contributed by atoms with Crippen molar-refractivity contribution in [3.8, 4) is 0 Å². The quantitative estimate of drug-likeness (QED) is 0.595. The lowest BCUT2D eigenvalue weighted by molar-refractivity contribution is 0.780. The number of aliphatic imine (C=N–C) groups is 1. The molecule has 17 heavy (non-hydrogen) atoms. The number of hydrogen-bond donors (Lipinski definition) is 0. The zero-order valence-corrected chi connectivity index (χ0v) is 9.83. The van der Waals surface area contributed by atoms with Gasteiger partial charge in [0, 0.05) is 25.0 Å². The molecular weight excluding hydrogens is 214 g/mol. The van der Waals surface area contributed by atoms with Gasteiger partial charge >= 0.3 is 0 Å². The molecule has 0 atom stereocenters. The Bertz CT molecular complexity index is 606. The molecule has 2 heterocycles. The summed E-state index contributed by atoms with van der Waals surface area (Å²) in [4.78, 5) is 12.0. The monoisotopic (exact) mass is 227 g/mol. The average Bonchev–Trinajstić information content (AvgIpc) is 2.67. The molecule has 5 heteroatoms. The summed E-state index contributed by atoms with van der Waals surface area (Å²) in [7, 11) is 1.85. The SMILES string of the molecule is C=N/C=C(\C=C/C)c1nn(C)c2ncncc12. The molecule has 0 N–H and O–H groups in total. The molecule has 0 aliphatic carbocycles. The fraction of sp³-hybridized carbons (Fsp3) is 0.167. The predicted molar refractivity (Wildman–Crippen MR) is 68.6 cm³/mol. The van der Waals surface area contributed by atoms with Gasteiger partial charge < -0.3 is 0 Å². The van der Waals surface area contributed by atoms with Gasteiger partial charge in [-0.2, -0.15) is 5.10 Å². The molecular formula is C12H13N5. The second-order valence-corrected chi connectivity index (χ2v) is 3.50. The van der Waals surface area contributed by atoms with Gasteiger partial charge in [0.15, 0.2) is 5.65 Å². The molecule has 0 bridgehead atoms. The van der Waals surface area contributed by atoms with Gasteiger partial charge in [0.1, 0.15) is 12.0 Å². The van der Waals surface area contributed by atoms with Crippen LogP contribution in [0.4, 0.5) is 0 Å². The van der Waals surface area contributed by atoms with Crippen LogP contribution in [-0.4, -0.2) is 26.5 Å². The molecule has 0 saturated carbocycles. The molecule has 0 saturated heterocycles. The van der Waals surface area contributed by atoms with Gasteiger partial charge in [-0.25, -0.2) is 14.6 Å². The van der Waals surface area contributed by atoms with Crippen molar-refractivity contribution in [2.45, 2.75) is 6.92 Å². The summed E-state index contributed by atoms with van der Waals surface area (Å²) >= 11 is 0. The maximum absolute atomic E-state index is 4.43. The lowest BCUT2D eigenvalue weighted by Gasteiger charge is -1.95. The molecule has 2 aromatic rings. The van der Waals surface area contributed by atoms with Crippen LogP contribution in [-0.2, 0) is 7.05 Å². The first-order chi connectivity index (χ1) is 8.27. The zero-order valence-electron chi connectivity index (χ0n) is 9.83. The van der Waals surface area contributed by atoms with Gasteiger partial charge in [0.05, 0.1) is 5.39 Å². The van der Waals surface area contributed by atoms with Crippen molar-refractivity contribution in [2.24, 2.45) is 12.0 Å². The molecule has 86 valence electrons. The summed E-state index contributed by atoms with van der Waals surface area (Å²) in [6.07, 6.45) is 8.81. The predicted octanol–water partition coefficient (Wildman–Crippen LogP) is 1.98. The number of fused-ring (bicyclic) bond motifs is 1. The van der Waals surface area contributed by atoms with Crippen molar-refractivity contribution in [3.05, 3.63) is 36.6 Å². The lowest BCUT2D eigenvalue weighted by atomic mass is 10.1. The Morgan fingerprint density at radius 3 is 3.06 bits per heavy atom. The van der Waals surface area contributed by atoms with Crippen LogP contribution in [0, 0.1) is 0 Å². The van der Waals surface area contributed by atoms with E-state index in [4.69, 9.17) is 0 Å². The van der Waals surface area contributed by atoms with Crippen LogP contribution in [0.15, 0.2) is 35.9 Å². The second-order valence-electron chi connectivity index (χ2n) is 3.50. The van der Waals surface area contributed by atoms with E-state index in [1.54, 1.807) is 17.1 Å². The van der Waals surface area contributed by atoms with Crippen LogP contribution in [0.3, 0.4) is 0 Å². The summed E-state index contributed by atoms with van der Waals surface area (Å²) in [6, 6.07) is 0. The highest BCUT2D eigenvalue weighted by molar-refractivity contribution is 5.90. The van der Waals surface area contributed by atoms with Crippen LogP contribution in [0.25, 0.3) is 16.6 Å². The highest BCUT2D eigenvalue weighted by Gasteiger charge is 2.11. The third-order valence-electron chi connectivity index (χ3n) is 2.35. The topological polar surface area (TPSA) is 56.0 Å². The number of rotatable bonds is 3. The fourth-order valence-electron chi connectivity index (χ4n) is 1.67. The highest BCUT2D eigenvalue weighted by atomic mass is 15.3. The van der Waals surface area contributed by atoms with E-state index in [0.717, 1.165) is 22.3 Å². The minimum absolute atomic E-state index is 0.800. The molecule has 0 aliphatic heterocycles. The van der Waals surface area contributed by atoms with Gasteiger partial charge in [-0.05, 0) is 13.6 Å². The Hall–Kier alpha value is -2.30. The Morgan fingerprint density at radius 1 is 1.53 bits per heavy atom. The van der Waals surface area contributed by atoms with Crippen molar-refractivity contribution >= 4 is 23.3 Å². The Balaban J connectivity index is 2.70. The largest absolute Gasteiger partial charge is 0.272 e. The van der Waals surface area contributed by atoms with Gasteiger partial charge in [-0.1, -0.05) is 12.2 Å². The molecule has 0 fully saturated rings. The van der Waals surface area contributed by atoms with Crippen LogP contribution >= 0.6 is 0 Å². The van der Waals surface area contributed by atoms with E-state index >= 15 is 0 Å². The summed E-state index contributed by atoms with van der Waals surface area (Å²) in [6.45, 7) is 5.41. The average molecular weight is 227 g/mol. The summed E-state index contributed by atoms with van der Waals surface area (Å²) in [5, 5.41) is 5.34. The smallest absolute Gasteiger partial charge is 0.161 e. The molecule has 0 unspecified atom stereocenters. The van der Waals surface area contributed by atoms with E-state index in [0.29, 0.717) is 0 Å². The first-order valence-electron chi connectivity index (χ1n) is 5.19. The third kappa shape index (κ3) is 1.99. The van der Waals surface area contributed by atoms with Gasteiger partial charge in [-0.3, -0.25) is 4.99 Å². The highest BCUT2D eigenvalue weighted by Crippen LogP contribution is 2.22. The van der Waals surface area contributed by atoms with E-state index in [2.05, 4.69) is 26.8 Å². The molecule has 0 aliphatic rings. The summed E-state index contributed by atoms with van der Waals surface area (Å²) in [5.41, 5.74) is 2.51. The maximum atomic E-state index is 4.43. The van der Waals surface area contributed by atoms with E-state index < -0.39 is 0 Å². The molecule has 5 nitrogen and oxygen atoms in total. The minimum Gasteiger partial charge on any atom is -0.272 e. The molecule has 0 amide bonds. The number of hydrogen-bond acceptors (Lipinski definition) is 4. The molecule has 0 radical (unpaired) electrons. The third-order valence-corrected chi connectivity index (χ3v) is 2.35. The summed E-state index contributed by atoms with van der Waals surface area (Å²) < 4.78 is 1.73. The molecule has 0 aromatic carbocycles. The van der Waals surface area contributed by atoms with Crippen LogP contribution < -0.4 is 0 Å². The van der Waals surface area contributed by atoms with Crippen LogP contribution in [0.5, 0.6) is 0 Å². The van der Waals surface area contributed by atoms with Crippen LogP contribution in [0.2, 0.25) is 0 Å². The first kappa shape index (κ1) is 11.2. The standard InChI is InChI=1S/C12H13N5/c1-4-5-9(6-13-2)11-10-7-14-8-15-12(10)17(3)16-11/h4-8H,2H2,1,3H3/b5-4-,9-6+. The van der Waals surface area contributed by atoms with Crippen molar-refractivity contribution < 1.29 is 0 Å². The van der Waals surface area contributed by atoms with Crippen molar-refractivity contribution in [1.82, 2.24) is 19.7 Å². The summed E-state index contributed by atoms with van der Waals surface area (Å²) in [5.74, 6) is 0. The van der Waals surface area contributed by atoms with Gasteiger partial charge in [0.25, 0.3) is 0 Å². The second kappa shape index (κ2) is 4.69. The number of aromatic nitrogens is 4. The fourth-order valence-corrected chi connectivity index (χ4v) is 1.67. The minimum atomic E-state index is 0.800. The van der Waals surface area contributed by atoms with E-state index in [1.165, 1.54) is 6.33 Å². The Labute approximate surface area is 99.2 Å². The Morgan fingerprint density at radius 2 is 2.35 bits per heavy atom. The van der Waals surface area contributed by atoms with Crippen molar-refractivity contribution in [1.29, 1.82) is 0 Å². The zero-order chi connectivity index (χ0) is 12.3. The van der Waals surface area contributed by atoms with Crippen LogP contribution in [0.1, 0.15) is 12.6 Å². The number of nitrogens with zero attached hydrogens (tertiary/aromatic N) is 5. The van der Waals surface area contributed by atoms with Crippen molar-refractivity contribution in [2.75, 3.05) is 0 Å². The van der Waals surface area contributed by atoms with Crippen molar-refractivity contribution in [3.63, 3.8) is 0 Å². The number of aryl methyl sites for hydroxylation is 1. The van der Waals surface area contributed by atoms with E-state index in [9.17, 15) is 0 Å². The van der Waals surface area contributed by atoms with Gasteiger partial charge in [-0.15, -0.1) is 0 Å².